The van der Waals surface area contributed by atoms with Crippen LogP contribution in [0.25, 0.3) is 0 Å². The van der Waals surface area contributed by atoms with E-state index in [0.29, 0.717) is 23.0 Å². The number of thiophene rings is 1. The van der Waals surface area contributed by atoms with Gasteiger partial charge in [0.1, 0.15) is 0 Å². The minimum atomic E-state index is -0.683. The number of nitro groups is 1. The number of aliphatic hydroxyl groups excluding tert-OH is 1. The van der Waals surface area contributed by atoms with E-state index in [9.17, 15) is 15.2 Å². The maximum absolute atomic E-state index is 11.2. The molecule has 0 amide bonds. The lowest BCUT2D eigenvalue weighted by Gasteiger charge is -2.14. The standard InChI is InChI=1S/C14H14N2O3S/c1-9(17)13-6-12(16(18)19)14(20-13)15-7-10-4-2-3-5-11(10)8-15/h2-6,9,17H,7-8H2,1H3. The second kappa shape index (κ2) is 4.88. The fourth-order valence-corrected chi connectivity index (χ4v) is 3.49. The Morgan fingerprint density at radius 1 is 1.35 bits per heavy atom. The predicted octanol–water partition coefficient (Wildman–Crippen LogP) is 3.23. The van der Waals surface area contributed by atoms with Crippen LogP contribution >= 0.6 is 11.3 Å². The second-order valence-electron chi connectivity index (χ2n) is 4.90. The maximum atomic E-state index is 11.2. The number of rotatable bonds is 3. The molecule has 1 aromatic carbocycles. The van der Waals surface area contributed by atoms with E-state index in [1.165, 1.54) is 28.5 Å². The molecule has 0 fully saturated rings. The molecular formula is C14H14N2O3S. The highest BCUT2D eigenvalue weighted by atomic mass is 32.1. The number of hydrogen-bond acceptors (Lipinski definition) is 5. The minimum Gasteiger partial charge on any atom is -0.388 e. The topological polar surface area (TPSA) is 66.6 Å². The molecule has 0 bridgehead atoms. The summed E-state index contributed by atoms with van der Waals surface area (Å²) in [5.74, 6) is 0. The summed E-state index contributed by atoms with van der Waals surface area (Å²) in [5.41, 5.74) is 2.49. The van der Waals surface area contributed by atoms with Gasteiger partial charge in [-0.1, -0.05) is 24.3 Å². The van der Waals surface area contributed by atoms with Crippen molar-refractivity contribution >= 4 is 22.0 Å². The monoisotopic (exact) mass is 290 g/mol. The fraction of sp³-hybridized carbons (Fsp3) is 0.286. The number of fused-ring (bicyclic) bond motifs is 1. The molecule has 0 saturated carbocycles. The zero-order valence-electron chi connectivity index (χ0n) is 10.9. The van der Waals surface area contributed by atoms with Crippen molar-refractivity contribution in [3.05, 3.63) is 56.5 Å². The van der Waals surface area contributed by atoms with Gasteiger partial charge in [-0.15, -0.1) is 11.3 Å². The van der Waals surface area contributed by atoms with Gasteiger partial charge in [0.2, 0.25) is 0 Å². The third-order valence-electron chi connectivity index (χ3n) is 3.45. The lowest BCUT2D eigenvalue weighted by molar-refractivity contribution is -0.383. The van der Waals surface area contributed by atoms with Crippen LogP contribution in [-0.2, 0) is 13.1 Å². The zero-order chi connectivity index (χ0) is 14.3. The fourth-order valence-electron chi connectivity index (χ4n) is 2.43. The Balaban J connectivity index is 1.97. The molecule has 20 heavy (non-hydrogen) atoms. The van der Waals surface area contributed by atoms with E-state index in [-0.39, 0.29) is 10.6 Å². The Kier molecular flexibility index (Phi) is 3.19. The summed E-state index contributed by atoms with van der Waals surface area (Å²) in [4.78, 5) is 13.4. The summed E-state index contributed by atoms with van der Waals surface area (Å²) in [7, 11) is 0. The van der Waals surface area contributed by atoms with Crippen LogP contribution in [0.3, 0.4) is 0 Å². The summed E-state index contributed by atoms with van der Waals surface area (Å²) < 4.78 is 0. The Morgan fingerprint density at radius 3 is 2.45 bits per heavy atom. The van der Waals surface area contributed by atoms with Crippen LogP contribution in [0, 0.1) is 10.1 Å². The first-order chi connectivity index (χ1) is 9.56. The smallest absolute Gasteiger partial charge is 0.304 e. The molecule has 1 aromatic heterocycles. The van der Waals surface area contributed by atoms with Crippen molar-refractivity contribution < 1.29 is 10.0 Å². The molecule has 0 aliphatic carbocycles. The first kappa shape index (κ1) is 13.1. The first-order valence-corrected chi connectivity index (χ1v) is 7.16. The quantitative estimate of drug-likeness (QED) is 0.696. The van der Waals surface area contributed by atoms with Crippen LogP contribution in [0.2, 0.25) is 0 Å². The molecule has 2 aromatic rings. The maximum Gasteiger partial charge on any atom is 0.304 e. The highest BCUT2D eigenvalue weighted by Crippen LogP contribution is 2.43. The zero-order valence-corrected chi connectivity index (χ0v) is 11.8. The minimum absolute atomic E-state index is 0.0821. The molecule has 0 spiro atoms. The van der Waals surface area contributed by atoms with E-state index in [2.05, 4.69) is 0 Å². The summed E-state index contributed by atoms with van der Waals surface area (Å²) in [6.45, 7) is 2.98. The molecule has 6 heteroatoms. The first-order valence-electron chi connectivity index (χ1n) is 6.34. The molecule has 1 unspecified atom stereocenters. The second-order valence-corrected chi connectivity index (χ2v) is 5.96. The Bertz CT molecular complexity index is 641. The van der Waals surface area contributed by atoms with Gasteiger partial charge in [0, 0.05) is 24.0 Å². The molecular weight excluding hydrogens is 276 g/mol. The summed E-state index contributed by atoms with van der Waals surface area (Å²) in [6.07, 6.45) is -0.683. The van der Waals surface area contributed by atoms with Gasteiger partial charge in [-0.3, -0.25) is 10.1 Å². The van der Waals surface area contributed by atoms with E-state index >= 15 is 0 Å². The number of nitrogens with zero attached hydrogens (tertiary/aromatic N) is 2. The molecule has 1 atom stereocenters. The predicted molar refractivity (Wildman–Crippen MR) is 77.9 cm³/mol. The lowest BCUT2D eigenvalue weighted by atomic mass is 10.1. The van der Waals surface area contributed by atoms with E-state index < -0.39 is 6.10 Å². The van der Waals surface area contributed by atoms with Crippen molar-refractivity contribution in [2.24, 2.45) is 0 Å². The van der Waals surface area contributed by atoms with Crippen molar-refractivity contribution in [1.29, 1.82) is 0 Å². The Labute approximate surface area is 120 Å². The highest BCUT2D eigenvalue weighted by molar-refractivity contribution is 7.16. The molecule has 5 nitrogen and oxygen atoms in total. The third kappa shape index (κ3) is 2.17. The molecule has 3 rings (SSSR count). The number of hydrogen-bond donors (Lipinski definition) is 1. The van der Waals surface area contributed by atoms with Gasteiger partial charge in [-0.2, -0.15) is 0 Å². The van der Waals surface area contributed by atoms with E-state index in [4.69, 9.17) is 0 Å². The SMILES string of the molecule is CC(O)c1cc([N+](=O)[O-])c(N2Cc3ccccc3C2)s1. The van der Waals surface area contributed by atoms with Crippen LogP contribution in [0.5, 0.6) is 0 Å². The average molecular weight is 290 g/mol. The van der Waals surface area contributed by atoms with Crippen LogP contribution in [0.4, 0.5) is 10.7 Å². The van der Waals surface area contributed by atoms with Gasteiger partial charge >= 0.3 is 5.69 Å². The van der Waals surface area contributed by atoms with Crippen LogP contribution in [0.15, 0.2) is 30.3 Å². The molecule has 1 aliphatic rings. The van der Waals surface area contributed by atoms with Gasteiger partial charge in [-0.05, 0) is 18.1 Å². The summed E-state index contributed by atoms with van der Waals surface area (Å²) in [6, 6.07) is 9.53. The Morgan fingerprint density at radius 2 is 1.95 bits per heavy atom. The highest BCUT2D eigenvalue weighted by Gasteiger charge is 2.29. The van der Waals surface area contributed by atoms with Crippen LogP contribution in [-0.4, -0.2) is 10.0 Å². The van der Waals surface area contributed by atoms with Crippen molar-refractivity contribution in [1.82, 2.24) is 0 Å². The molecule has 1 N–H and O–H groups in total. The van der Waals surface area contributed by atoms with Gasteiger partial charge in [0.15, 0.2) is 5.00 Å². The normalized spacial score (nSPS) is 15.2. The average Bonchev–Trinajstić information content (AvgIpc) is 3.02. The number of benzene rings is 1. The molecule has 0 saturated heterocycles. The van der Waals surface area contributed by atoms with Crippen LogP contribution < -0.4 is 4.90 Å². The van der Waals surface area contributed by atoms with Crippen molar-refractivity contribution in [3.8, 4) is 0 Å². The number of anilines is 1. The van der Waals surface area contributed by atoms with Gasteiger partial charge in [-0.25, -0.2) is 0 Å². The van der Waals surface area contributed by atoms with Gasteiger partial charge in [0.05, 0.1) is 11.0 Å². The Hall–Kier alpha value is -1.92. The van der Waals surface area contributed by atoms with Gasteiger partial charge < -0.3 is 10.0 Å². The lowest BCUT2D eigenvalue weighted by Crippen LogP contribution is -2.14. The van der Waals surface area contributed by atoms with Crippen LogP contribution in [0.1, 0.15) is 29.0 Å². The third-order valence-corrected chi connectivity index (χ3v) is 4.80. The van der Waals surface area contributed by atoms with Crippen molar-refractivity contribution in [2.75, 3.05) is 4.90 Å². The largest absolute Gasteiger partial charge is 0.388 e. The molecule has 0 radical (unpaired) electrons. The van der Waals surface area contributed by atoms with Crippen molar-refractivity contribution in [3.63, 3.8) is 0 Å². The van der Waals surface area contributed by atoms with Crippen molar-refractivity contribution in [2.45, 2.75) is 26.1 Å². The van der Waals surface area contributed by atoms with E-state index in [1.807, 2.05) is 29.2 Å². The van der Waals surface area contributed by atoms with E-state index in [1.54, 1.807) is 6.92 Å². The molecule has 2 heterocycles. The molecule has 1 aliphatic heterocycles. The van der Waals surface area contributed by atoms with Gasteiger partial charge in [0.25, 0.3) is 0 Å². The molecule has 104 valence electrons. The number of aliphatic hydroxyl groups is 1. The summed E-state index contributed by atoms with van der Waals surface area (Å²) in [5, 5.41) is 21.4. The van der Waals surface area contributed by atoms with E-state index in [0.717, 1.165) is 0 Å². The summed E-state index contributed by atoms with van der Waals surface area (Å²) >= 11 is 1.30.